The van der Waals surface area contributed by atoms with E-state index < -0.39 is 5.79 Å². The number of hydrogen-bond donors (Lipinski definition) is 4. The highest BCUT2D eigenvalue weighted by Gasteiger charge is 2.29. The SMILES string of the molecule is CNC1=CC(NC)(NC)Nc2ccc(-c3ccccc3)cc21. The lowest BCUT2D eigenvalue weighted by Gasteiger charge is -2.37. The molecular formula is C18H22N4. The summed E-state index contributed by atoms with van der Waals surface area (Å²) in [5.41, 5.74) is 5.79. The molecule has 0 atom stereocenters. The van der Waals surface area contributed by atoms with Crippen LogP contribution in [0.2, 0.25) is 0 Å². The summed E-state index contributed by atoms with van der Waals surface area (Å²) >= 11 is 0. The average Bonchev–Trinajstić information content (AvgIpc) is 2.61. The van der Waals surface area contributed by atoms with Gasteiger partial charge in [0.2, 0.25) is 0 Å². The second-order valence-electron chi connectivity index (χ2n) is 5.37. The minimum Gasteiger partial charge on any atom is -0.388 e. The number of fused-ring (bicyclic) bond motifs is 1. The summed E-state index contributed by atoms with van der Waals surface area (Å²) in [6.45, 7) is 0. The number of anilines is 1. The molecule has 1 heterocycles. The zero-order valence-corrected chi connectivity index (χ0v) is 13.2. The van der Waals surface area contributed by atoms with Crippen LogP contribution in [0.25, 0.3) is 16.8 Å². The summed E-state index contributed by atoms with van der Waals surface area (Å²) in [7, 11) is 5.80. The van der Waals surface area contributed by atoms with Crippen molar-refractivity contribution in [2.45, 2.75) is 5.79 Å². The second kappa shape index (κ2) is 5.83. The van der Waals surface area contributed by atoms with E-state index in [2.05, 4.69) is 69.8 Å². The van der Waals surface area contributed by atoms with Crippen molar-refractivity contribution in [1.29, 1.82) is 0 Å². The van der Waals surface area contributed by atoms with Gasteiger partial charge in [0.15, 0.2) is 5.79 Å². The first kappa shape index (κ1) is 14.6. The molecule has 1 aliphatic heterocycles. The lowest BCUT2D eigenvalue weighted by atomic mass is 9.96. The third-order valence-corrected chi connectivity index (χ3v) is 4.17. The van der Waals surface area contributed by atoms with Gasteiger partial charge in [0, 0.05) is 24.0 Å². The van der Waals surface area contributed by atoms with E-state index in [4.69, 9.17) is 0 Å². The van der Waals surface area contributed by atoms with E-state index in [1.165, 1.54) is 16.7 Å². The molecule has 0 aliphatic carbocycles. The van der Waals surface area contributed by atoms with Crippen LogP contribution in [0.15, 0.2) is 54.6 Å². The molecule has 0 saturated heterocycles. The third kappa shape index (κ3) is 2.47. The Labute approximate surface area is 131 Å². The topological polar surface area (TPSA) is 48.1 Å². The first-order valence-electron chi connectivity index (χ1n) is 7.48. The fourth-order valence-electron chi connectivity index (χ4n) is 2.83. The van der Waals surface area contributed by atoms with E-state index >= 15 is 0 Å². The quantitative estimate of drug-likeness (QED) is 0.654. The molecule has 2 aromatic carbocycles. The highest BCUT2D eigenvalue weighted by molar-refractivity contribution is 5.83. The van der Waals surface area contributed by atoms with Gasteiger partial charge in [0.1, 0.15) is 0 Å². The maximum atomic E-state index is 3.51. The van der Waals surface area contributed by atoms with Gasteiger partial charge in [-0.15, -0.1) is 0 Å². The molecule has 0 unspecified atom stereocenters. The zero-order chi connectivity index (χ0) is 15.6. The predicted octanol–water partition coefficient (Wildman–Crippen LogP) is 2.43. The molecule has 1 aliphatic rings. The van der Waals surface area contributed by atoms with Crippen molar-refractivity contribution in [2.75, 3.05) is 26.5 Å². The van der Waals surface area contributed by atoms with Crippen LogP contribution < -0.4 is 21.3 Å². The Morgan fingerprint density at radius 3 is 2.23 bits per heavy atom. The minimum absolute atomic E-state index is 0.445. The smallest absolute Gasteiger partial charge is 0.165 e. The highest BCUT2D eigenvalue weighted by Crippen LogP contribution is 2.33. The van der Waals surface area contributed by atoms with Crippen molar-refractivity contribution >= 4 is 11.4 Å². The number of rotatable bonds is 4. The van der Waals surface area contributed by atoms with Crippen LogP contribution in [0.3, 0.4) is 0 Å². The van der Waals surface area contributed by atoms with Gasteiger partial charge in [0.25, 0.3) is 0 Å². The highest BCUT2D eigenvalue weighted by atomic mass is 15.3. The van der Waals surface area contributed by atoms with E-state index in [0.717, 1.165) is 11.4 Å². The molecule has 114 valence electrons. The molecule has 0 bridgehead atoms. The van der Waals surface area contributed by atoms with Crippen LogP contribution in [0.5, 0.6) is 0 Å². The Bertz CT molecular complexity index is 687. The van der Waals surface area contributed by atoms with Crippen LogP contribution in [-0.2, 0) is 0 Å². The second-order valence-corrected chi connectivity index (χ2v) is 5.37. The van der Waals surface area contributed by atoms with Crippen molar-refractivity contribution in [3.63, 3.8) is 0 Å². The molecule has 0 fully saturated rings. The molecule has 0 amide bonds. The lowest BCUT2D eigenvalue weighted by Crippen LogP contribution is -2.60. The monoisotopic (exact) mass is 294 g/mol. The average molecular weight is 294 g/mol. The van der Waals surface area contributed by atoms with Crippen molar-refractivity contribution in [1.82, 2.24) is 16.0 Å². The molecule has 0 aromatic heterocycles. The Morgan fingerprint density at radius 2 is 1.59 bits per heavy atom. The number of likely N-dealkylation sites (N-methyl/N-ethyl adjacent to an activating group) is 2. The Balaban J connectivity index is 2.08. The van der Waals surface area contributed by atoms with Gasteiger partial charge in [-0.3, -0.25) is 10.6 Å². The van der Waals surface area contributed by atoms with Crippen LogP contribution in [-0.4, -0.2) is 26.9 Å². The van der Waals surface area contributed by atoms with Gasteiger partial charge < -0.3 is 10.6 Å². The standard InChI is InChI=1S/C18H22N4/c1-19-17-12-18(20-2,21-3)22-16-10-9-14(11-15(16)17)13-7-5-4-6-8-13/h4-12,19-22H,1-3H3. The predicted molar refractivity (Wildman–Crippen MR) is 93.4 cm³/mol. The van der Waals surface area contributed by atoms with E-state index in [0.29, 0.717) is 0 Å². The van der Waals surface area contributed by atoms with Crippen molar-refractivity contribution < 1.29 is 0 Å². The van der Waals surface area contributed by atoms with Gasteiger partial charge in [-0.2, -0.15) is 0 Å². The molecule has 2 aromatic rings. The van der Waals surface area contributed by atoms with E-state index in [-0.39, 0.29) is 0 Å². The van der Waals surface area contributed by atoms with Crippen molar-refractivity contribution in [2.24, 2.45) is 0 Å². The lowest BCUT2D eigenvalue weighted by molar-refractivity contribution is 0.424. The number of hydrogen-bond acceptors (Lipinski definition) is 4. The maximum absolute atomic E-state index is 3.51. The fraction of sp³-hybridized carbons (Fsp3) is 0.222. The molecule has 4 heteroatoms. The first-order valence-corrected chi connectivity index (χ1v) is 7.48. The van der Waals surface area contributed by atoms with E-state index in [9.17, 15) is 0 Å². The molecular weight excluding hydrogens is 272 g/mol. The van der Waals surface area contributed by atoms with Gasteiger partial charge in [-0.1, -0.05) is 36.4 Å². The summed E-state index contributed by atoms with van der Waals surface area (Å²) < 4.78 is 0. The normalized spacial score (nSPS) is 15.5. The maximum Gasteiger partial charge on any atom is 0.165 e. The number of benzene rings is 2. The summed E-state index contributed by atoms with van der Waals surface area (Å²) in [6, 6.07) is 16.9. The summed E-state index contributed by atoms with van der Waals surface area (Å²) in [6.07, 6.45) is 2.13. The summed E-state index contributed by atoms with van der Waals surface area (Å²) in [4.78, 5) is 0. The Hall–Kier alpha value is -2.30. The molecule has 0 radical (unpaired) electrons. The first-order chi connectivity index (χ1) is 10.7. The van der Waals surface area contributed by atoms with Crippen LogP contribution >= 0.6 is 0 Å². The van der Waals surface area contributed by atoms with Crippen LogP contribution in [0.4, 0.5) is 5.69 Å². The minimum atomic E-state index is -0.445. The van der Waals surface area contributed by atoms with Crippen molar-refractivity contribution in [3.8, 4) is 11.1 Å². The summed E-state index contributed by atoms with van der Waals surface area (Å²) in [5, 5.41) is 13.4. The molecule has 22 heavy (non-hydrogen) atoms. The summed E-state index contributed by atoms with van der Waals surface area (Å²) in [5.74, 6) is -0.445. The molecule has 4 nitrogen and oxygen atoms in total. The van der Waals surface area contributed by atoms with Crippen molar-refractivity contribution in [3.05, 3.63) is 60.2 Å². The van der Waals surface area contributed by atoms with E-state index in [1.54, 1.807) is 0 Å². The molecule has 4 N–H and O–H groups in total. The van der Waals surface area contributed by atoms with Crippen LogP contribution in [0, 0.1) is 0 Å². The molecule has 3 rings (SSSR count). The Morgan fingerprint density at radius 1 is 0.864 bits per heavy atom. The van der Waals surface area contributed by atoms with Gasteiger partial charge in [-0.05, 0) is 43.4 Å². The third-order valence-electron chi connectivity index (χ3n) is 4.17. The van der Waals surface area contributed by atoms with Gasteiger partial charge >= 0.3 is 0 Å². The largest absolute Gasteiger partial charge is 0.388 e. The van der Waals surface area contributed by atoms with Gasteiger partial charge in [-0.25, -0.2) is 0 Å². The van der Waals surface area contributed by atoms with Crippen LogP contribution in [0.1, 0.15) is 5.56 Å². The van der Waals surface area contributed by atoms with Gasteiger partial charge in [0.05, 0.1) is 0 Å². The Kier molecular flexibility index (Phi) is 3.88. The van der Waals surface area contributed by atoms with E-state index in [1.807, 2.05) is 27.2 Å². The molecule has 0 saturated carbocycles. The fourth-order valence-corrected chi connectivity index (χ4v) is 2.83. The molecule has 0 spiro atoms. The zero-order valence-electron chi connectivity index (χ0n) is 13.2. The number of nitrogens with one attached hydrogen (secondary N) is 4.